The minimum absolute atomic E-state index is 0.196. The molecule has 8 heteroatoms. The molecule has 0 saturated heterocycles. The number of thioether (sulfide) groups is 1. The summed E-state index contributed by atoms with van der Waals surface area (Å²) in [5, 5.41) is 5.50. The van der Waals surface area contributed by atoms with E-state index in [0.29, 0.717) is 11.6 Å². The Hall–Kier alpha value is -2.61. The minimum Gasteiger partial charge on any atom is -0.314 e. The van der Waals surface area contributed by atoms with Crippen molar-refractivity contribution >= 4 is 62.4 Å². The van der Waals surface area contributed by atoms with E-state index < -0.39 is 0 Å². The van der Waals surface area contributed by atoms with E-state index in [-0.39, 0.29) is 11.7 Å². The molecule has 5 nitrogen and oxygen atoms in total. The smallest absolute Gasteiger partial charge is 0.250 e. The van der Waals surface area contributed by atoms with Gasteiger partial charge in [-0.15, -0.1) is 0 Å². The van der Waals surface area contributed by atoms with E-state index in [9.17, 15) is 4.79 Å². The highest BCUT2D eigenvalue weighted by Crippen LogP contribution is 2.27. The summed E-state index contributed by atoms with van der Waals surface area (Å²) in [4.78, 5) is 17.0. The molecule has 4 rings (SSSR count). The number of hydrogen-bond acceptors (Lipinski definition) is 4. The number of fused-ring (bicyclic) bond motifs is 1. The van der Waals surface area contributed by atoms with Gasteiger partial charge in [0.2, 0.25) is 0 Å². The number of nitrogens with one attached hydrogen (secondary N) is 1. The molecule has 156 valence electrons. The van der Waals surface area contributed by atoms with Gasteiger partial charge in [-0.2, -0.15) is 5.10 Å². The molecular weight excluding hydrogens is 496 g/mol. The lowest BCUT2D eigenvalue weighted by molar-refractivity contribution is -0.118. The van der Waals surface area contributed by atoms with Crippen LogP contribution < -0.4 is 5.43 Å². The number of carbonyl (C=O) groups excluding carboxylic acids is 1. The second-order valence-corrected chi connectivity index (χ2v) is 8.96. The number of nitrogens with zero attached hydrogens (tertiary/aromatic N) is 3. The Labute approximate surface area is 197 Å². The maximum Gasteiger partial charge on any atom is 0.250 e. The average molecular weight is 514 g/mol. The molecule has 0 fully saturated rings. The number of halogens is 2. The Morgan fingerprint density at radius 3 is 2.77 bits per heavy atom. The lowest BCUT2D eigenvalue weighted by atomic mass is 10.2. The second-order valence-electron chi connectivity index (χ2n) is 6.70. The SMILES string of the molecule is O=C(CSc1nc2ccccc2n1Cc1ccccc1Cl)N/N=C/c1cccc(Br)c1. The lowest BCUT2D eigenvalue weighted by Crippen LogP contribution is -2.20. The monoisotopic (exact) mass is 512 g/mol. The van der Waals surface area contributed by atoms with Crippen LogP contribution in [0.1, 0.15) is 11.1 Å². The minimum atomic E-state index is -0.201. The van der Waals surface area contributed by atoms with Gasteiger partial charge < -0.3 is 4.57 Å². The van der Waals surface area contributed by atoms with Crippen LogP contribution in [0.25, 0.3) is 11.0 Å². The third kappa shape index (κ3) is 5.55. The Bertz CT molecular complexity index is 1260. The zero-order valence-corrected chi connectivity index (χ0v) is 19.5. The van der Waals surface area contributed by atoms with Crippen LogP contribution in [0.15, 0.2) is 87.5 Å². The van der Waals surface area contributed by atoms with E-state index in [2.05, 4.69) is 31.0 Å². The van der Waals surface area contributed by atoms with Crippen LogP contribution in [0.4, 0.5) is 0 Å². The van der Waals surface area contributed by atoms with E-state index in [1.165, 1.54) is 11.8 Å². The highest BCUT2D eigenvalue weighted by atomic mass is 79.9. The summed E-state index contributed by atoms with van der Waals surface area (Å²) in [5.41, 5.74) is 6.34. The molecule has 3 aromatic carbocycles. The molecule has 1 N–H and O–H groups in total. The van der Waals surface area contributed by atoms with Crippen LogP contribution in [0, 0.1) is 0 Å². The summed E-state index contributed by atoms with van der Waals surface area (Å²) in [6.45, 7) is 0.575. The number of carbonyl (C=O) groups is 1. The van der Waals surface area contributed by atoms with E-state index in [4.69, 9.17) is 16.6 Å². The number of amides is 1. The highest BCUT2D eigenvalue weighted by molar-refractivity contribution is 9.10. The number of hydrogen-bond donors (Lipinski definition) is 1. The first-order valence-corrected chi connectivity index (χ1v) is 11.6. The van der Waals surface area contributed by atoms with Crippen molar-refractivity contribution in [2.75, 3.05) is 5.75 Å². The van der Waals surface area contributed by atoms with Gasteiger partial charge in [0.1, 0.15) is 0 Å². The first-order chi connectivity index (χ1) is 15.1. The molecule has 4 aromatic rings. The van der Waals surface area contributed by atoms with E-state index in [0.717, 1.165) is 31.8 Å². The largest absolute Gasteiger partial charge is 0.314 e. The molecule has 0 unspecified atom stereocenters. The molecule has 0 bridgehead atoms. The van der Waals surface area contributed by atoms with Gasteiger partial charge in [-0.25, -0.2) is 10.4 Å². The Morgan fingerprint density at radius 2 is 1.94 bits per heavy atom. The van der Waals surface area contributed by atoms with Crippen molar-refractivity contribution in [2.24, 2.45) is 5.10 Å². The fraction of sp³-hybridized carbons (Fsp3) is 0.0870. The molecule has 0 radical (unpaired) electrons. The highest BCUT2D eigenvalue weighted by Gasteiger charge is 2.14. The van der Waals surface area contributed by atoms with Gasteiger partial charge >= 0.3 is 0 Å². The van der Waals surface area contributed by atoms with Crippen molar-refractivity contribution in [1.82, 2.24) is 15.0 Å². The van der Waals surface area contributed by atoms with Crippen LogP contribution in [0.5, 0.6) is 0 Å². The third-order valence-corrected chi connectivity index (χ3v) is 6.33. The van der Waals surface area contributed by atoms with Crippen molar-refractivity contribution in [1.29, 1.82) is 0 Å². The third-order valence-electron chi connectivity index (χ3n) is 4.49. The van der Waals surface area contributed by atoms with Crippen molar-refractivity contribution in [2.45, 2.75) is 11.7 Å². The Balaban J connectivity index is 1.46. The number of aromatic nitrogens is 2. The van der Waals surface area contributed by atoms with E-state index >= 15 is 0 Å². The zero-order chi connectivity index (χ0) is 21.6. The van der Waals surface area contributed by atoms with Crippen molar-refractivity contribution < 1.29 is 4.79 Å². The normalized spacial score (nSPS) is 11.3. The Morgan fingerprint density at radius 1 is 1.13 bits per heavy atom. The predicted molar refractivity (Wildman–Crippen MR) is 131 cm³/mol. The lowest BCUT2D eigenvalue weighted by Gasteiger charge is -2.10. The maximum absolute atomic E-state index is 12.3. The van der Waals surface area contributed by atoms with Crippen LogP contribution in [0.2, 0.25) is 5.02 Å². The number of rotatable bonds is 7. The van der Waals surface area contributed by atoms with Crippen LogP contribution in [-0.4, -0.2) is 27.4 Å². The van der Waals surface area contributed by atoms with Gasteiger partial charge in [0, 0.05) is 9.50 Å². The molecule has 0 saturated carbocycles. The molecule has 0 atom stereocenters. The number of imidazole rings is 1. The fourth-order valence-corrected chi connectivity index (χ4v) is 4.46. The molecule has 1 amide bonds. The summed E-state index contributed by atoms with van der Waals surface area (Å²) >= 11 is 11.1. The van der Waals surface area contributed by atoms with E-state index in [1.54, 1.807) is 6.21 Å². The van der Waals surface area contributed by atoms with Crippen molar-refractivity contribution in [3.63, 3.8) is 0 Å². The molecule has 1 heterocycles. The van der Waals surface area contributed by atoms with Gasteiger partial charge in [-0.05, 0) is 41.5 Å². The maximum atomic E-state index is 12.3. The standard InChI is InChI=1S/C23H18BrClN4OS/c24-18-8-5-6-16(12-18)13-26-28-22(30)15-31-23-27-20-10-3-4-11-21(20)29(23)14-17-7-1-2-9-19(17)25/h1-13H,14-15H2,(H,28,30)/b26-13+. The zero-order valence-electron chi connectivity index (χ0n) is 16.3. The second kappa shape index (κ2) is 10.1. The van der Waals surface area contributed by atoms with Crippen LogP contribution in [-0.2, 0) is 11.3 Å². The van der Waals surface area contributed by atoms with Crippen molar-refractivity contribution in [3.05, 3.63) is 93.4 Å². The topological polar surface area (TPSA) is 59.3 Å². The Kier molecular flexibility index (Phi) is 7.06. The van der Waals surface area contributed by atoms with Gasteiger partial charge in [-0.3, -0.25) is 4.79 Å². The molecule has 0 spiro atoms. The average Bonchev–Trinajstić information content (AvgIpc) is 3.11. The summed E-state index contributed by atoms with van der Waals surface area (Å²) in [6, 6.07) is 23.3. The van der Waals surface area contributed by atoms with Crippen molar-refractivity contribution in [3.8, 4) is 0 Å². The first kappa shape index (κ1) is 21.6. The summed E-state index contributed by atoms with van der Waals surface area (Å²) in [7, 11) is 0. The molecule has 0 aliphatic carbocycles. The summed E-state index contributed by atoms with van der Waals surface area (Å²) in [6.07, 6.45) is 1.61. The first-order valence-electron chi connectivity index (χ1n) is 9.49. The van der Waals surface area contributed by atoms with Gasteiger partial charge in [0.25, 0.3) is 5.91 Å². The van der Waals surface area contributed by atoms with Crippen LogP contribution >= 0.6 is 39.3 Å². The molecule has 0 aliphatic heterocycles. The summed E-state index contributed by atoms with van der Waals surface area (Å²) < 4.78 is 3.04. The number of benzene rings is 3. The van der Waals surface area contributed by atoms with Gasteiger partial charge in [0.05, 0.1) is 29.5 Å². The molecule has 1 aromatic heterocycles. The number of para-hydroxylation sites is 2. The molecule has 31 heavy (non-hydrogen) atoms. The number of hydrazone groups is 1. The summed E-state index contributed by atoms with van der Waals surface area (Å²) in [5.74, 6) is -0.00520. The van der Waals surface area contributed by atoms with Crippen LogP contribution in [0.3, 0.4) is 0 Å². The van der Waals surface area contributed by atoms with E-state index in [1.807, 2.05) is 72.8 Å². The fourth-order valence-electron chi connectivity index (χ4n) is 3.04. The van der Waals surface area contributed by atoms with Gasteiger partial charge in [-0.1, -0.05) is 81.8 Å². The molecular formula is C23H18BrClN4OS. The predicted octanol–water partition coefficient (Wildman–Crippen LogP) is 5.74. The molecule has 0 aliphatic rings. The van der Waals surface area contributed by atoms with Gasteiger partial charge in [0.15, 0.2) is 5.16 Å². The quantitative estimate of drug-likeness (QED) is 0.195.